The number of aromatic nitrogens is 3. The van der Waals surface area contributed by atoms with Crippen LogP contribution in [0.1, 0.15) is 0 Å². The number of rotatable bonds is 6. The second-order valence-corrected chi connectivity index (χ2v) is 5.50. The van der Waals surface area contributed by atoms with Gasteiger partial charge in [0, 0.05) is 44.0 Å². The van der Waals surface area contributed by atoms with Gasteiger partial charge in [-0.3, -0.25) is 0 Å². The van der Waals surface area contributed by atoms with Crippen molar-refractivity contribution in [2.75, 3.05) is 44.3 Å². The lowest BCUT2D eigenvalue weighted by Gasteiger charge is -2.12. The first-order chi connectivity index (χ1) is 13.1. The third-order valence-electron chi connectivity index (χ3n) is 3.83. The second-order valence-electron chi connectivity index (χ2n) is 5.50. The predicted octanol–water partition coefficient (Wildman–Crippen LogP) is 2.28. The van der Waals surface area contributed by atoms with Crippen LogP contribution < -0.4 is 30.7 Å². The molecule has 4 N–H and O–H groups in total. The normalized spacial score (nSPS) is 10.4. The van der Waals surface area contributed by atoms with Crippen LogP contribution in [0.25, 0.3) is 5.65 Å². The summed E-state index contributed by atoms with van der Waals surface area (Å²) in [5.74, 6) is 2.56. The number of urea groups is 1. The van der Waals surface area contributed by atoms with E-state index in [1.54, 1.807) is 37.9 Å². The van der Waals surface area contributed by atoms with E-state index in [0.29, 0.717) is 34.5 Å². The van der Waals surface area contributed by atoms with Gasteiger partial charge in [-0.2, -0.15) is 9.61 Å². The van der Waals surface area contributed by atoms with E-state index in [2.05, 4.69) is 31.3 Å². The Morgan fingerprint density at radius 2 is 1.78 bits per heavy atom. The molecule has 27 heavy (non-hydrogen) atoms. The van der Waals surface area contributed by atoms with Gasteiger partial charge in [0.1, 0.15) is 28.8 Å². The van der Waals surface area contributed by atoms with Gasteiger partial charge in [-0.05, 0) is 0 Å². The van der Waals surface area contributed by atoms with Crippen LogP contribution in [0.2, 0.25) is 0 Å². The molecule has 142 valence electrons. The van der Waals surface area contributed by atoms with E-state index in [9.17, 15) is 4.79 Å². The maximum absolute atomic E-state index is 11.6. The van der Waals surface area contributed by atoms with Crippen molar-refractivity contribution in [3.05, 3.63) is 30.5 Å². The van der Waals surface area contributed by atoms with Crippen molar-refractivity contribution in [1.29, 1.82) is 0 Å². The van der Waals surface area contributed by atoms with E-state index in [-0.39, 0.29) is 6.03 Å². The van der Waals surface area contributed by atoms with E-state index < -0.39 is 0 Å². The van der Waals surface area contributed by atoms with Gasteiger partial charge in [0.15, 0.2) is 5.65 Å². The van der Waals surface area contributed by atoms with Gasteiger partial charge < -0.3 is 30.7 Å². The number of anilines is 4. The third kappa shape index (κ3) is 3.78. The summed E-state index contributed by atoms with van der Waals surface area (Å²) < 4.78 is 12.2. The molecule has 1 aromatic carbocycles. The fraction of sp³-hybridized carbons (Fsp3) is 0.235. The highest BCUT2D eigenvalue weighted by molar-refractivity contribution is 5.93. The molecule has 10 heteroatoms. The van der Waals surface area contributed by atoms with Gasteiger partial charge in [0.05, 0.1) is 20.4 Å². The van der Waals surface area contributed by atoms with E-state index in [0.717, 1.165) is 5.69 Å². The second kappa shape index (κ2) is 7.68. The zero-order valence-corrected chi connectivity index (χ0v) is 15.5. The Hall–Kier alpha value is -3.69. The summed E-state index contributed by atoms with van der Waals surface area (Å²) in [6.45, 7) is 0. The van der Waals surface area contributed by atoms with Crippen molar-refractivity contribution >= 4 is 34.7 Å². The Kier molecular flexibility index (Phi) is 5.15. The van der Waals surface area contributed by atoms with Gasteiger partial charge in [0.25, 0.3) is 0 Å². The molecule has 2 heterocycles. The van der Waals surface area contributed by atoms with E-state index in [4.69, 9.17) is 9.47 Å². The topological polar surface area (TPSA) is 114 Å². The minimum Gasteiger partial charge on any atom is -0.497 e. The Labute approximate surface area is 155 Å². The van der Waals surface area contributed by atoms with Gasteiger partial charge in [-0.15, -0.1) is 0 Å². The van der Waals surface area contributed by atoms with Crippen molar-refractivity contribution in [3.8, 4) is 11.5 Å². The maximum Gasteiger partial charge on any atom is 0.319 e. The smallest absolute Gasteiger partial charge is 0.319 e. The van der Waals surface area contributed by atoms with Gasteiger partial charge in [0.2, 0.25) is 0 Å². The molecule has 0 aliphatic carbocycles. The van der Waals surface area contributed by atoms with Gasteiger partial charge >= 0.3 is 6.03 Å². The molecular formula is C17H21N7O3. The van der Waals surface area contributed by atoms with Crippen molar-refractivity contribution in [1.82, 2.24) is 19.9 Å². The number of nitrogens with one attached hydrogen (secondary N) is 4. The summed E-state index contributed by atoms with van der Waals surface area (Å²) in [6, 6.07) is 6.88. The maximum atomic E-state index is 11.6. The summed E-state index contributed by atoms with van der Waals surface area (Å²) in [4.78, 5) is 16.2. The largest absolute Gasteiger partial charge is 0.497 e. The van der Waals surface area contributed by atoms with Crippen molar-refractivity contribution < 1.29 is 14.3 Å². The fourth-order valence-corrected chi connectivity index (χ4v) is 2.51. The monoisotopic (exact) mass is 371 g/mol. The van der Waals surface area contributed by atoms with E-state index in [1.807, 2.05) is 12.1 Å². The number of methoxy groups -OCH3 is 2. The highest BCUT2D eigenvalue weighted by atomic mass is 16.5. The molecule has 0 saturated heterocycles. The number of fused-ring (bicyclic) bond motifs is 1. The Bertz CT molecular complexity index is 948. The molecule has 3 rings (SSSR count). The van der Waals surface area contributed by atoms with Crippen LogP contribution in [-0.2, 0) is 0 Å². The Morgan fingerprint density at radius 1 is 1.07 bits per heavy atom. The molecule has 10 nitrogen and oxygen atoms in total. The lowest BCUT2D eigenvalue weighted by Crippen LogP contribution is -2.24. The van der Waals surface area contributed by atoms with Gasteiger partial charge in [-0.1, -0.05) is 0 Å². The molecule has 0 spiro atoms. The number of carbonyl (C=O) groups is 1. The number of benzene rings is 1. The van der Waals surface area contributed by atoms with Crippen LogP contribution in [0.3, 0.4) is 0 Å². The van der Waals surface area contributed by atoms with E-state index >= 15 is 0 Å². The lowest BCUT2D eigenvalue weighted by atomic mass is 10.2. The minimum absolute atomic E-state index is 0.353. The average Bonchev–Trinajstić information content (AvgIpc) is 3.09. The van der Waals surface area contributed by atoms with Crippen LogP contribution in [0, 0.1) is 0 Å². The summed E-state index contributed by atoms with van der Waals surface area (Å²) in [5, 5.41) is 15.8. The fourth-order valence-electron chi connectivity index (χ4n) is 2.51. The van der Waals surface area contributed by atoms with Crippen LogP contribution >= 0.6 is 0 Å². The number of amides is 2. The molecule has 0 aliphatic rings. The Balaban J connectivity index is 2.01. The van der Waals surface area contributed by atoms with Crippen molar-refractivity contribution in [3.63, 3.8) is 0 Å². The number of hydrogen-bond donors (Lipinski definition) is 4. The molecular weight excluding hydrogens is 350 g/mol. The highest BCUT2D eigenvalue weighted by Gasteiger charge is 2.13. The SMILES string of the molecule is CNC(=O)Nc1cnn2c(NC)cc(Nc3cc(OC)cc(OC)c3)nc12. The van der Waals surface area contributed by atoms with Crippen LogP contribution in [0.4, 0.5) is 27.8 Å². The van der Waals surface area contributed by atoms with Crippen molar-refractivity contribution in [2.45, 2.75) is 0 Å². The molecule has 0 saturated carbocycles. The molecule has 0 bridgehead atoms. The first-order valence-electron chi connectivity index (χ1n) is 8.13. The summed E-state index contributed by atoms with van der Waals surface area (Å²) in [7, 11) is 6.49. The van der Waals surface area contributed by atoms with Crippen LogP contribution in [-0.4, -0.2) is 48.9 Å². The molecule has 0 radical (unpaired) electrons. The zero-order valence-electron chi connectivity index (χ0n) is 15.5. The van der Waals surface area contributed by atoms with Crippen molar-refractivity contribution in [2.24, 2.45) is 0 Å². The van der Waals surface area contributed by atoms with Crippen LogP contribution in [0.15, 0.2) is 30.5 Å². The molecule has 2 aromatic heterocycles. The summed E-state index contributed by atoms with van der Waals surface area (Å²) in [5.41, 5.74) is 1.71. The zero-order chi connectivity index (χ0) is 19.4. The minimum atomic E-state index is -0.353. The lowest BCUT2D eigenvalue weighted by molar-refractivity contribution is 0.254. The Morgan fingerprint density at radius 3 is 2.37 bits per heavy atom. The predicted molar refractivity (Wildman–Crippen MR) is 103 cm³/mol. The number of carbonyl (C=O) groups excluding carboxylic acids is 1. The summed E-state index contributed by atoms with van der Waals surface area (Å²) in [6.07, 6.45) is 1.54. The molecule has 3 aromatic rings. The molecule has 0 atom stereocenters. The first-order valence-corrected chi connectivity index (χ1v) is 8.13. The molecule has 0 unspecified atom stereocenters. The third-order valence-corrected chi connectivity index (χ3v) is 3.83. The van der Waals surface area contributed by atoms with E-state index in [1.165, 1.54) is 13.2 Å². The van der Waals surface area contributed by atoms with Gasteiger partial charge in [-0.25, -0.2) is 9.78 Å². The summed E-state index contributed by atoms with van der Waals surface area (Å²) >= 11 is 0. The quantitative estimate of drug-likeness (QED) is 0.526. The first kappa shape index (κ1) is 18.1. The molecule has 0 aliphatic heterocycles. The highest BCUT2D eigenvalue weighted by Crippen LogP contribution is 2.29. The number of nitrogens with zero attached hydrogens (tertiary/aromatic N) is 3. The molecule has 0 fully saturated rings. The van der Waals surface area contributed by atoms with Crippen LogP contribution in [0.5, 0.6) is 11.5 Å². The standard InChI is InChI=1S/C17H21N7O3/c1-18-15-8-14(21-10-5-11(26-3)7-12(6-10)27-4)23-16-13(9-20-24(15)16)22-17(25)19-2/h5-9,18H,1-4H3,(H,21,23)(H2,19,22,25). The average molecular weight is 371 g/mol. The number of ether oxygens (including phenoxy) is 2. The molecule has 2 amide bonds. The number of hydrogen-bond acceptors (Lipinski definition) is 7.